The molecule has 1 aliphatic rings. The molecule has 3 amide bonds. The summed E-state index contributed by atoms with van der Waals surface area (Å²) in [7, 11) is 0. The molecule has 8 heteroatoms. The molecule has 4 rings (SSSR count). The molecule has 146 valence electrons. The van der Waals surface area contributed by atoms with Crippen LogP contribution in [0.15, 0.2) is 54.2 Å². The third-order valence-electron chi connectivity index (χ3n) is 4.84. The standard InChI is InChI=1S/C22H14N4O4/c23-10-14(20(24)28)9-12-1-3-13(4-2-12)11-26-21(29)15-5-6-17(27)19-18(15)16(22(26)30)7-8-25-19/h1-9,27H,11H2,(H2,24,28)/b14-9-. The first kappa shape index (κ1) is 18.8. The number of phenolic OH excluding ortho intramolecular Hbond substituents is 1. The number of benzene rings is 2. The topological polar surface area (TPSA) is 137 Å². The van der Waals surface area contributed by atoms with Crippen molar-refractivity contribution in [2.75, 3.05) is 0 Å². The smallest absolute Gasteiger partial charge is 0.261 e. The predicted octanol–water partition coefficient (Wildman–Crippen LogP) is 2.13. The van der Waals surface area contributed by atoms with Crippen LogP contribution in [-0.2, 0) is 11.3 Å². The van der Waals surface area contributed by atoms with Crippen LogP contribution in [0.4, 0.5) is 0 Å². The molecule has 2 heterocycles. The lowest BCUT2D eigenvalue weighted by atomic mass is 9.96. The highest BCUT2D eigenvalue weighted by atomic mass is 16.3. The molecule has 1 aliphatic heterocycles. The molecule has 8 nitrogen and oxygen atoms in total. The van der Waals surface area contributed by atoms with Crippen LogP contribution in [0.1, 0.15) is 31.8 Å². The van der Waals surface area contributed by atoms with Gasteiger partial charge in [0.2, 0.25) is 0 Å². The molecule has 0 fully saturated rings. The monoisotopic (exact) mass is 398 g/mol. The highest BCUT2D eigenvalue weighted by Crippen LogP contribution is 2.34. The van der Waals surface area contributed by atoms with E-state index in [0.29, 0.717) is 27.6 Å². The van der Waals surface area contributed by atoms with E-state index in [2.05, 4.69) is 4.98 Å². The number of carbonyl (C=O) groups excluding carboxylic acids is 3. The van der Waals surface area contributed by atoms with Crippen LogP contribution in [0.3, 0.4) is 0 Å². The molecule has 3 N–H and O–H groups in total. The van der Waals surface area contributed by atoms with Crippen molar-refractivity contribution in [2.24, 2.45) is 5.73 Å². The number of nitrogens with two attached hydrogens (primary N) is 1. The van der Waals surface area contributed by atoms with Gasteiger partial charge in [-0.15, -0.1) is 0 Å². The van der Waals surface area contributed by atoms with Crippen molar-refractivity contribution in [1.29, 1.82) is 5.26 Å². The molecule has 0 bridgehead atoms. The highest BCUT2D eigenvalue weighted by molar-refractivity contribution is 6.25. The zero-order chi connectivity index (χ0) is 21.4. The average Bonchev–Trinajstić information content (AvgIpc) is 2.75. The van der Waals surface area contributed by atoms with E-state index in [1.54, 1.807) is 30.3 Å². The molecule has 0 unspecified atom stereocenters. The normalized spacial score (nSPS) is 13.4. The molecule has 0 aliphatic carbocycles. The Morgan fingerprint density at radius 3 is 2.40 bits per heavy atom. The Balaban J connectivity index is 1.66. The largest absolute Gasteiger partial charge is 0.506 e. The number of rotatable bonds is 4. The lowest BCUT2D eigenvalue weighted by Crippen LogP contribution is -2.39. The van der Waals surface area contributed by atoms with Gasteiger partial charge in [-0.25, -0.2) is 0 Å². The highest BCUT2D eigenvalue weighted by Gasteiger charge is 2.33. The Kier molecular flexibility index (Phi) is 4.49. The van der Waals surface area contributed by atoms with E-state index in [1.165, 1.54) is 30.5 Å². The lowest BCUT2D eigenvalue weighted by Gasteiger charge is -2.27. The van der Waals surface area contributed by atoms with Crippen LogP contribution in [0.25, 0.3) is 17.0 Å². The second-order valence-electron chi connectivity index (χ2n) is 6.69. The van der Waals surface area contributed by atoms with Gasteiger partial charge in [-0.3, -0.25) is 24.3 Å². The van der Waals surface area contributed by atoms with Gasteiger partial charge in [-0.2, -0.15) is 5.26 Å². The van der Waals surface area contributed by atoms with Crippen molar-refractivity contribution in [3.8, 4) is 11.8 Å². The van der Waals surface area contributed by atoms with Gasteiger partial charge in [-0.05, 0) is 35.4 Å². The molecule has 0 spiro atoms. The second-order valence-corrected chi connectivity index (χ2v) is 6.69. The molecular formula is C22H14N4O4. The fourth-order valence-corrected chi connectivity index (χ4v) is 3.36. The summed E-state index contributed by atoms with van der Waals surface area (Å²) in [4.78, 5) is 42.3. The molecule has 0 radical (unpaired) electrons. The quantitative estimate of drug-likeness (QED) is 0.392. The van der Waals surface area contributed by atoms with Crippen LogP contribution in [0, 0.1) is 11.3 Å². The first-order valence-corrected chi connectivity index (χ1v) is 8.88. The summed E-state index contributed by atoms with van der Waals surface area (Å²) in [5, 5.41) is 19.3. The Bertz CT molecular complexity index is 1280. The summed E-state index contributed by atoms with van der Waals surface area (Å²) in [6.07, 6.45) is 2.78. The Morgan fingerprint density at radius 2 is 1.77 bits per heavy atom. The van der Waals surface area contributed by atoms with Gasteiger partial charge < -0.3 is 10.8 Å². The van der Waals surface area contributed by atoms with E-state index >= 15 is 0 Å². The van der Waals surface area contributed by atoms with Gasteiger partial charge in [0.25, 0.3) is 17.7 Å². The number of nitrogens with zero attached hydrogens (tertiary/aromatic N) is 3. The van der Waals surface area contributed by atoms with Gasteiger partial charge in [0.15, 0.2) is 0 Å². The predicted molar refractivity (Wildman–Crippen MR) is 107 cm³/mol. The molecule has 2 aromatic carbocycles. The van der Waals surface area contributed by atoms with E-state index in [4.69, 9.17) is 11.0 Å². The minimum absolute atomic E-state index is 0.0344. The van der Waals surface area contributed by atoms with Crippen LogP contribution in [-0.4, -0.2) is 32.7 Å². The van der Waals surface area contributed by atoms with Crippen molar-refractivity contribution in [3.63, 3.8) is 0 Å². The van der Waals surface area contributed by atoms with E-state index in [0.717, 1.165) is 4.90 Å². The summed E-state index contributed by atoms with van der Waals surface area (Å²) in [6, 6.07) is 12.8. The Hall–Kier alpha value is -4.51. The lowest BCUT2D eigenvalue weighted by molar-refractivity contribution is -0.114. The van der Waals surface area contributed by atoms with Gasteiger partial charge >= 0.3 is 0 Å². The molecule has 0 saturated carbocycles. The number of hydrogen-bond donors (Lipinski definition) is 2. The third kappa shape index (κ3) is 3.04. The number of imide groups is 1. The summed E-state index contributed by atoms with van der Waals surface area (Å²) in [6.45, 7) is 0.0344. The van der Waals surface area contributed by atoms with E-state index < -0.39 is 17.7 Å². The SMILES string of the molecule is N#C/C(=C/c1ccc(CN2C(=O)c3ccnc4c(O)ccc(c34)C2=O)cc1)C(N)=O. The molecular weight excluding hydrogens is 384 g/mol. The fourth-order valence-electron chi connectivity index (χ4n) is 3.36. The Labute approximate surface area is 170 Å². The number of carbonyl (C=O) groups is 3. The first-order valence-electron chi connectivity index (χ1n) is 8.88. The zero-order valence-corrected chi connectivity index (χ0v) is 15.5. The summed E-state index contributed by atoms with van der Waals surface area (Å²) in [5.41, 5.74) is 7.02. The van der Waals surface area contributed by atoms with Crippen molar-refractivity contribution in [1.82, 2.24) is 9.88 Å². The number of amides is 3. The number of primary amides is 1. The molecule has 1 aromatic heterocycles. The summed E-state index contributed by atoms with van der Waals surface area (Å²) >= 11 is 0. The maximum absolute atomic E-state index is 13.0. The maximum atomic E-state index is 13.0. The van der Waals surface area contributed by atoms with Crippen LogP contribution >= 0.6 is 0 Å². The first-order chi connectivity index (χ1) is 14.4. The Morgan fingerprint density at radius 1 is 1.10 bits per heavy atom. The maximum Gasteiger partial charge on any atom is 0.261 e. The van der Waals surface area contributed by atoms with Gasteiger partial charge in [0.1, 0.15) is 22.9 Å². The van der Waals surface area contributed by atoms with Gasteiger partial charge in [-0.1, -0.05) is 24.3 Å². The number of aromatic nitrogens is 1. The molecule has 0 saturated heterocycles. The van der Waals surface area contributed by atoms with Crippen molar-refractivity contribution in [2.45, 2.75) is 6.54 Å². The summed E-state index contributed by atoms with van der Waals surface area (Å²) < 4.78 is 0. The summed E-state index contributed by atoms with van der Waals surface area (Å²) in [5.74, 6) is -1.87. The third-order valence-corrected chi connectivity index (χ3v) is 4.84. The minimum atomic E-state index is -0.820. The van der Waals surface area contributed by atoms with Crippen molar-refractivity contribution >= 4 is 34.7 Å². The zero-order valence-electron chi connectivity index (χ0n) is 15.5. The van der Waals surface area contributed by atoms with E-state index in [-0.39, 0.29) is 23.4 Å². The van der Waals surface area contributed by atoms with Crippen molar-refractivity contribution < 1.29 is 19.5 Å². The van der Waals surface area contributed by atoms with E-state index in [1.807, 2.05) is 0 Å². The van der Waals surface area contributed by atoms with Crippen LogP contribution in [0.5, 0.6) is 5.75 Å². The van der Waals surface area contributed by atoms with Gasteiger partial charge in [0, 0.05) is 11.6 Å². The van der Waals surface area contributed by atoms with Crippen molar-refractivity contribution in [3.05, 3.63) is 76.5 Å². The average molecular weight is 398 g/mol. The number of phenols is 1. The number of hydrogen-bond acceptors (Lipinski definition) is 6. The minimum Gasteiger partial charge on any atom is -0.506 e. The molecule has 0 atom stereocenters. The number of nitriles is 1. The van der Waals surface area contributed by atoms with Crippen LogP contribution < -0.4 is 5.73 Å². The second kappa shape index (κ2) is 7.14. The van der Waals surface area contributed by atoms with Gasteiger partial charge in [0.05, 0.1) is 17.7 Å². The van der Waals surface area contributed by atoms with Crippen LogP contribution in [0.2, 0.25) is 0 Å². The number of pyridine rings is 1. The number of aromatic hydroxyl groups is 1. The molecule has 30 heavy (non-hydrogen) atoms. The molecule has 3 aromatic rings. The van der Waals surface area contributed by atoms with E-state index in [9.17, 15) is 19.5 Å². The fraction of sp³-hybridized carbons (Fsp3) is 0.0455.